The van der Waals surface area contributed by atoms with Gasteiger partial charge in [-0.05, 0) is 39.4 Å². The molecule has 4 nitrogen and oxygen atoms in total. The number of phenols is 1. The molecular formula is C15H23BrN2O2. The summed E-state index contributed by atoms with van der Waals surface area (Å²) in [6.45, 7) is 7.18. The quantitative estimate of drug-likeness (QED) is 0.886. The molecule has 5 heteroatoms. The molecule has 1 fully saturated rings. The number of likely N-dealkylation sites (tertiary alicyclic amines) is 1. The van der Waals surface area contributed by atoms with Crippen molar-refractivity contribution in [2.45, 2.75) is 32.9 Å². The van der Waals surface area contributed by atoms with E-state index in [4.69, 9.17) is 10.5 Å². The van der Waals surface area contributed by atoms with Crippen LogP contribution in [0.5, 0.6) is 11.5 Å². The Morgan fingerprint density at radius 2 is 2.20 bits per heavy atom. The first kappa shape index (κ1) is 15.6. The average Bonchev–Trinajstić information content (AvgIpc) is 2.39. The number of piperidine rings is 1. The molecule has 1 aromatic carbocycles. The van der Waals surface area contributed by atoms with Crippen LogP contribution in [-0.4, -0.2) is 36.2 Å². The van der Waals surface area contributed by atoms with Crippen LogP contribution in [0.25, 0.3) is 0 Å². The second kappa shape index (κ2) is 5.92. The second-order valence-corrected chi connectivity index (χ2v) is 6.98. The number of methoxy groups -OCH3 is 1. The minimum atomic E-state index is 0.124. The number of benzene rings is 1. The van der Waals surface area contributed by atoms with E-state index < -0.39 is 0 Å². The highest BCUT2D eigenvalue weighted by atomic mass is 79.9. The fourth-order valence-corrected chi connectivity index (χ4v) is 3.19. The van der Waals surface area contributed by atoms with Crippen molar-refractivity contribution in [3.63, 3.8) is 0 Å². The van der Waals surface area contributed by atoms with Crippen LogP contribution in [-0.2, 0) is 6.54 Å². The van der Waals surface area contributed by atoms with E-state index >= 15 is 0 Å². The predicted molar refractivity (Wildman–Crippen MR) is 84.0 cm³/mol. The van der Waals surface area contributed by atoms with Crippen LogP contribution < -0.4 is 10.5 Å². The summed E-state index contributed by atoms with van der Waals surface area (Å²) in [6.07, 6.45) is 1.01. The summed E-state index contributed by atoms with van der Waals surface area (Å²) in [5.74, 6) is 0.652. The highest BCUT2D eigenvalue weighted by molar-refractivity contribution is 9.10. The molecule has 3 N–H and O–H groups in total. The Hall–Kier alpha value is -0.780. The summed E-state index contributed by atoms with van der Waals surface area (Å²) in [5.41, 5.74) is 7.36. The van der Waals surface area contributed by atoms with Crippen molar-refractivity contribution in [2.24, 2.45) is 11.1 Å². The fraction of sp³-hybridized carbons (Fsp3) is 0.600. The van der Waals surface area contributed by atoms with Gasteiger partial charge in [-0.2, -0.15) is 0 Å². The van der Waals surface area contributed by atoms with Crippen molar-refractivity contribution >= 4 is 15.9 Å². The third kappa shape index (κ3) is 3.10. The van der Waals surface area contributed by atoms with Crippen LogP contribution in [0.3, 0.4) is 0 Å². The van der Waals surface area contributed by atoms with E-state index in [1.54, 1.807) is 13.2 Å². The highest BCUT2D eigenvalue weighted by Gasteiger charge is 2.33. The van der Waals surface area contributed by atoms with Gasteiger partial charge in [0.05, 0.1) is 11.6 Å². The van der Waals surface area contributed by atoms with Gasteiger partial charge in [0.2, 0.25) is 0 Å². The van der Waals surface area contributed by atoms with Crippen molar-refractivity contribution in [1.29, 1.82) is 0 Å². The van der Waals surface area contributed by atoms with Gasteiger partial charge in [0.15, 0.2) is 11.5 Å². The number of halogens is 1. The molecule has 1 aliphatic rings. The van der Waals surface area contributed by atoms with Gasteiger partial charge in [-0.3, -0.25) is 4.90 Å². The van der Waals surface area contributed by atoms with Crippen LogP contribution in [0.1, 0.15) is 25.8 Å². The van der Waals surface area contributed by atoms with E-state index in [1.807, 2.05) is 6.07 Å². The molecule has 1 saturated heterocycles. The van der Waals surface area contributed by atoms with Crippen molar-refractivity contribution in [2.75, 3.05) is 20.2 Å². The second-order valence-electron chi connectivity index (χ2n) is 6.18. The summed E-state index contributed by atoms with van der Waals surface area (Å²) in [7, 11) is 1.55. The number of rotatable bonds is 3. The van der Waals surface area contributed by atoms with Crippen molar-refractivity contribution in [3.05, 3.63) is 22.2 Å². The molecule has 0 aromatic heterocycles. The molecule has 1 aromatic rings. The van der Waals surface area contributed by atoms with Crippen molar-refractivity contribution in [1.82, 2.24) is 4.90 Å². The Morgan fingerprint density at radius 1 is 1.50 bits per heavy atom. The van der Waals surface area contributed by atoms with Crippen LogP contribution in [0.2, 0.25) is 0 Å². The number of hydrogen-bond acceptors (Lipinski definition) is 4. The van der Waals surface area contributed by atoms with Gasteiger partial charge in [0, 0.05) is 25.7 Å². The van der Waals surface area contributed by atoms with E-state index in [-0.39, 0.29) is 17.2 Å². The normalized spacial score (nSPS) is 22.8. The molecule has 20 heavy (non-hydrogen) atoms. The monoisotopic (exact) mass is 342 g/mol. The topological polar surface area (TPSA) is 58.7 Å². The van der Waals surface area contributed by atoms with E-state index in [1.165, 1.54) is 0 Å². The Kier molecular flexibility index (Phi) is 4.62. The van der Waals surface area contributed by atoms with Crippen molar-refractivity contribution < 1.29 is 9.84 Å². The Labute approximate surface area is 129 Å². The average molecular weight is 343 g/mol. The largest absolute Gasteiger partial charge is 0.503 e. The van der Waals surface area contributed by atoms with Gasteiger partial charge in [-0.15, -0.1) is 0 Å². The number of nitrogens with zero attached hydrogens (tertiary/aromatic N) is 1. The maximum absolute atomic E-state index is 10.0. The smallest absolute Gasteiger partial charge is 0.172 e. The van der Waals surface area contributed by atoms with Crippen LogP contribution >= 0.6 is 15.9 Å². The summed E-state index contributed by atoms with van der Waals surface area (Å²) in [4.78, 5) is 2.38. The maximum atomic E-state index is 10.0. The van der Waals surface area contributed by atoms with Crippen LogP contribution in [0.4, 0.5) is 0 Å². The molecule has 1 heterocycles. The van der Waals surface area contributed by atoms with Gasteiger partial charge >= 0.3 is 0 Å². The number of ether oxygens (including phenoxy) is 1. The zero-order valence-corrected chi connectivity index (χ0v) is 13.9. The lowest BCUT2D eigenvalue weighted by molar-refractivity contribution is 0.0896. The molecule has 0 amide bonds. The molecule has 0 spiro atoms. The maximum Gasteiger partial charge on any atom is 0.172 e. The van der Waals surface area contributed by atoms with Gasteiger partial charge in [-0.25, -0.2) is 0 Å². The minimum Gasteiger partial charge on any atom is -0.503 e. The lowest BCUT2D eigenvalue weighted by Gasteiger charge is -2.42. The van der Waals surface area contributed by atoms with E-state index in [0.717, 1.165) is 31.6 Å². The lowest BCUT2D eigenvalue weighted by Crippen LogP contribution is -2.52. The summed E-state index contributed by atoms with van der Waals surface area (Å²) in [6, 6.07) is 4.05. The first-order valence-corrected chi connectivity index (χ1v) is 7.66. The standard InChI is InChI=1S/C15H23BrN2O2/c1-15(2)9-18(7-6-12(15)17)8-10-4-5-11(20-3)14(19)13(10)16/h4-5,12,19H,6-9,17H2,1-3H3. The first-order chi connectivity index (χ1) is 9.35. The number of nitrogens with two attached hydrogens (primary N) is 1. The minimum absolute atomic E-state index is 0.124. The van der Waals surface area contributed by atoms with Crippen LogP contribution in [0.15, 0.2) is 16.6 Å². The fourth-order valence-electron chi connectivity index (χ4n) is 2.74. The van der Waals surface area contributed by atoms with Gasteiger partial charge in [0.1, 0.15) is 0 Å². The summed E-state index contributed by atoms with van der Waals surface area (Å²) < 4.78 is 5.82. The molecule has 1 atom stereocenters. The molecule has 0 saturated carbocycles. The molecule has 112 valence electrons. The Bertz CT molecular complexity index is 491. The van der Waals surface area contributed by atoms with Gasteiger partial charge in [-0.1, -0.05) is 19.9 Å². The number of aromatic hydroxyl groups is 1. The number of hydrogen-bond donors (Lipinski definition) is 2. The SMILES string of the molecule is COc1ccc(CN2CCC(N)C(C)(C)C2)c(Br)c1O. The molecule has 0 radical (unpaired) electrons. The molecule has 1 aliphatic heterocycles. The lowest BCUT2D eigenvalue weighted by atomic mass is 9.79. The predicted octanol–water partition coefficient (Wildman–Crippen LogP) is 2.72. The molecule has 0 aliphatic carbocycles. The third-order valence-electron chi connectivity index (χ3n) is 4.16. The van der Waals surface area contributed by atoms with Crippen molar-refractivity contribution in [3.8, 4) is 11.5 Å². The summed E-state index contributed by atoms with van der Waals surface area (Å²) >= 11 is 3.46. The zero-order chi connectivity index (χ0) is 14.9. The van der Waals surface area contributed by atoms with E-state index in [2.05, 4.69) is 34.7 Å². The molecular weight excluding hydrogens is 320 g/mol. The zero-order valence-electron chi connectivity index (χ0n) is 12.3. The Morgan fingerprint density at radius 3 is 2.80 bits per heavy atom. The first-order valence-electron chi connectivity index (χ1n) is 6.87. The number of phenolic OH excluding ortho intramolecular Hbond substituents is 1. The highest BCUT2D eigenvalue weighted by Crippen LogP contribution is 2.37. The van der Waals surface area contributed by atoms with E-state index in [0.29, 0.717) is 10.2 Å². The summed E-state index contributed by atoms with van der Waals surface area (Å²) in [5, 5.41) is 10.0. The van der Waals surface area contributed by atoms with Gasteiger partial charge in [0.25, 0.3) is 0 Å². The van der Waals surface area contributed by atoms with E-state index in [9.17, 15) is 5.11 Å². The van der Waals surface area contributed by atoms with Gasteiger partial charge < -0.3 is 15.6 Å². The molecule has 2 rings (SSSR count). The molecule has 1 unspecified atom stereocenters. The van der Waals surface area contributed by atoms with Crippen LogP contribution in [0, 0.1) is 5.41 Å². The molecule has 0 bridgehead atoms. The Balaban J connectivity index is 2.13. The third-order valence-corrected chi connectivity index (χ3v) is 5.05.